The summed E-state index contributed by atoms with van der Waals surface area (Å²) in [5, 5.41) is 30.2. The first-order chi connectivity index (χ1) is 73.0. The molecule has 0 aliphatic heterocycles. The lowest BCUT2D eigenvalue weighted by Crippen LogP contribution is -1.96. The quantitative estimate of drug-likeness (QED) is 0.142. The molecule has 0 bridgehead atoms. The highest BCUT2D eigenvalue weighted by atomic mass is 32.1. The van der Waals surface area contributed by atoms with Crippen LogP contribution in [0, 0.1) is 0 Å². The van der Waals surface area contributed by atoms with Gasteiger partial charge in [-0.05, 0) is 171 Å². The van der Waals surface area contributed by atoms with Crippen molar-refractivity contribution >= 4 is 248 Å². The van der Waals surface area contributed by atoms with Crippen LogP contribution in [-0.4, -0.2) is 27.4 Å². The summed E-state index contributed by atoms with van der Waals surface area (Å²) in [4.78, 5) is 0. The predicted molar refractivity (Wildman–Crippen MR) is 627 cm³/mol. The second kappa shape index (κ2) is 32.8. The molecule has 33 rings (SSSR count). The molecule has 0 fully saturated rings. The normalized spacial score (nSPS) is 12.1. The fourth-order valence-electron chi connectivity index (χ4n) is 24.6. The Morgan fingerprint density at radius 1 is 0.156 bits per heavy atom. The van der Waals surface area contributed by atoms with Crippen molar-refractivity contribution in [3.63, 3.8) is 0 Å². The van der Waals surface area contributed by atoms with Gasteiger partial charge in [-0.15, -0.1) is 22.7 Å². The molecule has 24 aromatic carbocycles. The Morgan fingerprint density at radius 2 is 0.456 bits per heavy atom. The number of nitrogens with zero attached hydrogens (tertiary/aromatic N) is 6. The van der Waals surface area contributed by atoms with Crippen molar-refractivity contribution in [3.05, 3.63) is 510 Å². The van der Waals surface area contributed by atoms with Crippen molar-refractivity contribution < 1.29 is 4.42 Å². The van der Waals surface area contributed by atoms with Gasteiger partial charge in [-0.2, -0.15) is 0 Å². The molecule has 9 aromatic heterocycles. The van der Waals surface area contributed by atoms with Crippen LogP contribution in [0.5, 0.6) is 0 Å². The third kappa shape index (κ3) is 12.6. The summed E-state index contributed by atoms with van der Waals surface area (Å²) in [5.74, 6) is 0. The third-order valence-electron chi connectivity index (χ3n) is 30.9. The first-order valence-corrected chi connectivity index (χ1v) is 52.0. The van der Waals surface area contributed by atoms with Crippen LogP contribution in [-0.2, 0) is 0 Å². The molecule has 0 amide bonds. The summed E-state index contributed by atoms with van der Waals surface area (Å²) in [6.07, 6.45) is 0. The molecule has 0 spiro atoms. The van der Waals surface area contributed by atoms with Gasteiger partial charge in [0.25, 0.3) is 0 Å². The summed E-state index contributed by atoms with van der Waals surface area (Å²) in [6.45, 7) is 0. The second-order valence-corrected chi connectivity index (χ2v) is 40.8. The van der Waals surface area contributed by atoms with Gasteiger partial charge in [0.1, 0.15) is 11.2 Å². The van der Waals surface area contributed by atoms with E-state index in [1.165, 1.54) is 237 Å². The van der Waals surface area contributed by atoms with E-state index in [0.717, 1.165) is 55.8 Å². The van der Waals surface area contributed by atoms with Crippen molar-refractivity contribution in [3.8, 4) is 67.5 Å². The van der Waals surface area contributed by atoms with E-state index < -0.39 is 0 Å². The molecule has 0 radical (unpaired) electrons. The highest BCUT2D eigenvalue weighted by molar-refractivity contribution is 7.26. The first kappa shape index (κ1) is 82.8. The summed E-state index contributed by atoms with van der Waals surface area (Å²) in [7, 11) is 0. The fraction of sp³-hybridized carbons (Fsp3) is 0. The number of thiophene rings is 2. The van der Waals surface area contributed by atoms with Crippen LogP contribution in [0.1, 0.15) is 0 Å². The molecule has 33 aromatic rings. The van der Waals surface area contributed by atoms with Gasteiger partial charge in [0.2, 0.25) is 0 Å². The lowest BCUT2D eigenvalue weighted by atomic mass is 10.0. The lowest BCUT2D eigenvalue weighted by Gasteiger charge is -2.12. The molecule has 684 valence electrons. The van der Waals surface area contributed by atoms with Crippen molar-refractivity contribution in [2.75, 3.05) is 0 Å². The molecule has 0 aliphatic carbocycles. The van der Waals surface area contributed by atoms with Gasteiger partial charge in [0, 0.05) is 172 Å². The van der Waals surface area contributed by atoms with Crippen LogP contribution in [0.4, 0.5) is 0 Å². The standard InChI is InChI=1S/C46H28N2O.2C46H28N2S/c1-2-12-31(13-3-1)48-41-28-27-37-35-15-6-8-19-40(35)47(45(37)43(41)39-26-23-29-11-4-5-14-33(29)44(39)48)32-24-21-30(22-25-32)34-17-10-18-38-36-16-7-9-20-42(36)49-46(34)38;1-2-14-31(15-3-1)47-41-27-26-37-35-18-6-8-22-40(35)48(45(37)43(41)39-25-24-29-12-4-5-17-33(29)44(39)47)32-16-10-13-30(28-32)34-20-11-21-38-36-19-7-9-23-42(36)49-46(34)38;1-2-12-31(13-3-1)48-41-28-27-37-35-15-6-8-19-40(35)47(45(37)43(41)39-26-23-29-11-4-5-14-33(29)44(39)48)32-24-21-30(22-25-32)34-17-10-18-38-36-16-7-9-20-42(36)49-46(34)38/h3*1-28H. The molecule has 0 N–H and O–H groups in total. The zero-order valence-electron chi connectivity index (χ0n) is 79.4. The summed E-state index contributed by atoms with van der Waals surface area (Å²) >= 11 is 3.77. The van der Waals surface area contributed by atoms with E-state index in [1.54, 1.807) is 0 Å². The minimum absolute atomic E-state index is 0.915. The van der Waals surface area contributed by atoms with E-state index in [4.69, 9.17) is 4.42 Å². The van der Waals surface area contributed by atoms with Crippen molar-refractivity contribution in [2.45, 2.75) is 0 Å². The largest absolute Gasteiger partial charge is 0.455 e. The SMILES string of the molecule is c1ccc(-n2c3ccc4c5ccccc5n(-c5ccc(-c6cccc7c6oc6ccccc67)cc5)c4c3c3ccc4ccccc4c32)cc1.c1ccc(-n2c3ccc4c5ccccc5n(-c5ccc(-c6cccc7c6sc6ccccc67)cc5)c4c3c3ccc4ccccc4c32)cc1.c1ccc(-n2c3ccc4c5ccccc5n(-c5cccc(-c6cccc7c6sc6ccccc67)c5)c4c3c3ccc4ccccc4c32)cc1. The van der Waals surface area contributed by atoms with Crippen LogP contribution >= 0.6 is 22.7 Å². The molecular weight excluding hydrogens is 1820 g/mol. The van der Waals surface area contributed by atoms with Gasteiger partial charge in [0.15, 0.2) is 0 Å². The van der Waals surface area contributed by atoms with E-state index >= 15 is 0 Å². The average molecular weight is 1910 g/mol. The van der Waals surface area contributed by atoms with Crippen molar-refractivity contribution in [1.82, 2.24) is 27.4 Å². The number of rotatable bonds is 9. The Bertz CT molecular complexity index is 10900. The number of furan rings is 1. The molecule has 0 aliphatic rings. The molecule has 0 saturated heterocycles. The molecule has 9 heteroatoms. The van der Waals surface area contributed by atoms with E-state index in [-0.39, 0.29) is 0 Å². The zero-order chi connectivity index (χ0) is 96.2. The number of fused-ring (bicyclic) bond motifs is 36. The number of benzene rings is 24. The number of hydrogen-bond acceptors (Lipinski definition) is 3. The summed E-state index contributed by atoms with van der Waals surface area (Å²) in [5.41, 5.74) is 30.7. The van der Waals surface area contributed by atoms with E-state index in [0.29, 0.717) is 0 Å². The van der Waals surface area contributed by atoms with Crippen molar-refractivity contribution in [1.29, 1.82) is 0 Å². The van der Waals surface area contributed by atoms with Crippen LogP contribution in [0.2, 0.25) is 0 Å². The Morgan fingerprint density at radius 3 is 0.884 bits per heavy atom. The smallest absolute Gasteiger partial charge is 0.143 e. The van der Waals surface area contributed by atoms with E-state index in [9.17, 15) is 0 Å². The maximum atomic E-state index is 6.41. The van der Waals surface area contributed by atoms with Gasteiger partial charge in [-0.25, -0.2) is 0 Å². The molecule has 0 atom stereocenters. The summed E-state index contributed by atoms with van der Waals surface area (Å²) < 4.78 is 26.6. The van der Waals surface area contributed by atoms with E-state index in [1.807, 2.05) is 34.8 Å². The third-order valence-corrected chi connectivity index (χ3v) is 33.3. The van der Waals surface area contributed by atoms with Gasteiger partial charge in [-0.3, -0.25) is 0 Å². The number of aromatic nitrogens is 6. The van der Waals surface area contributed by atoms with Crippen LogP contribution in [0.15, 0.2) is 514 Å². The van der Waals surface area contributed by atoms with Crippen LogP contribution < -0.4 is 0 Å². The first-order valence-electron chi connectivity index (χ1n) is 50.3. The lowest BCUT2D eigenvalue weighted by molar-refractivity contribution is 0.670. The fourth-order valence-corrected chi connectivity index (χ4v) is 27.1. The Kier molecular flexibility index (Phi) is 18.5. The van der Waals surface area contributed by atoms with Gasteiger partial charge < -0.3 is 31.8 Å². The van der Waals surface area contributed by atoms with Gasteiger partial charge in [-0.1, -0.05) is 382 Å². The topological polar surface area (TPSA) is 42.7 Å². The molecule has 9 heterocycles. The number of hydrogen-bond donors (Lipinski definition) is 0. The van der Waals surface area contributed by atoms with Gasteiger partial charge >= 0.3 is 0 Å². The Hall–Kier alpha value is -18.9. The van der Waals surface area contributed by atoms with Crippen LogP contribution in [0.3, 0.4) is 0 Å². The highest BCUT2D eigenvalue weighted by Gasteiger charge is 2.29. The Labute approximate surface area is 850 Å². The second-order valence-electron chi connectivity index (χ2n) is 38.7. The monoisotopic (exact) mass is 1900 g/mol. The maximum Gasteiger partial charge on any atom is 0.143 e. The molecule has 7 nitrogen and oxygen atoms in total. The summed E-state index contributed by atoms with van der Waals surface area (Å²) in [6, 6.07) is 186. The highest BCUT2D eigenvalue weighted by Crippen LogP contribution is 2.52. The van der Waals surface area contributed by atoms with Crippen LogP contribution in [0.25, 0.3) is 293 Å². The van der Waals surface area contributed by atoms with Crippen molar-refractivity contribution in [2.24, 2.45) is 0 Å². The minimum Gasteiger partial charge on any atom is -0.455 e. The molecule has 0 saturated carbocycles. The number of para-hydroxylation sites is 8. The maximum absolute atomic E-state index is 6.41. The minimum atomic E-state index is 0.915. The molecule has 147 heavy (non-hydrogen) atoms. The Balaban J connectivity index is 0.0000000999. The molecular formula is C138H84N6OS2. The molecule has 0 unspecified atom stereocenters. The average Bonchev–Trinajstić information content (AvgIpc) is 1.54. The predicted octanol–water partition coefficient (Wildman–Crippen LogP) is 38.7. The zero-order valence-corrected chi connectivity index (χ0v) is 81.0. The van der Waals surface area contributed by atoms with E-state index in [2.05, 4.69) is 525 Å². The van der Waals surface area contributed by atoms with Gasteiger partial charge in [0.05, 0.1) is 66.2 Å².